The molecule has 1 N–H and O–H groups in total. The van der Waals surface area contributed by atoms with E-state index in [0.29, 0.717) is 5.75 Å². The highest BCUT2D eigenvalue weighted by molar-refractivity contribution is 5.56. The van der Waals surface area contributed by atoms with Crippen LogP contribution in [0.15, 0.2) is 12.1 Å². The normalized spacial score (nSPS) is 20.9. The van der Waals surface area contributed by atoms with E-state index in [-0.39, 0.29) is 5.41 Å². The summed E-state index contributed by atoms with van der Waals surface area (Å²) in [5.41, 5.74) is 2.59. The molecular weight excluding hydrogens is 188 g/mol. The molecule has 0 amide bonds. The number of aryl methyl sites for hydroxylation is 1. The second-order valence-corrected chi connectivity index (χ2v) is 4.68. The van der Waals surface area contributed by atoms with E-state index in [1.54, 1.807) is 0 Å². The van der Waals surface area contributed by atoms with Crippen molar-refractivity contribution in [3.63, 3.8) is 0 Å². The molecule has 2 aliphatic rings. The first-order valence-corrected chi connectivity index (χ1v) is 5.75. The van der Waals surface area contributed by atoms with Crippen LogP contribution in [0.4, 0.5) is 0 Å². The zero-order chi connectivity index (χ0) is 10.5. The standard InChI is InChI=1S/C13H16O2/c1-2-9-3-4-10(14)11-12(9)15-8-7-13(11)5-6-13/h3-4,14H,2,5-8H2,1H3. The Balaban J connectivity index is 2.21. The molecular formula is C13H16O2. The molecule has 2 nitrogen and oxygen atoms in total. The third-order valence-corrected chi connectivity index (χ3v) is 3.81. The molecule has 0 bridgehead atoms. The lowest BCUT2D eigenvalue weighted by Gasteiger charge is -2.28. The highest BCUT2D eigenvalue weighted by Crippen LogP contribution is 2.59. The summed E-state index contributed by atoms with van der Waals surface area (Å²) in [6, 6.07) is 3.81. The van der Waals surface area contributed by atoms with Gasteiger partial charge >= 0.3 is 0 Å². The average molecular weight is 204 g/mol. The van der Waals surface area contributed by atoms with Crippen LogP contribution in [0.3, 0.4) is 0 Å². The van der Waals surface area contributed by atoms with E-state index in [1.165, 1.54) is 18.4 Å². The topological polar surface area (TPSA) is 29.5 Å². The number of hydrogen-bond donors (Lipinski definition) is 1. The summed E-state index contributed by atoms with van der Waals surface area (Å²) in [5.74, 6) is 1.40. The monoisotopic (exact) mass is 204 g/mol. The summed E-state index contributed by atoms with van der Waals surface area (Å²) in [6.45, 7) is 2.94. The van der Waals surface area contributed by atoms with E-state index in [4.69, 9.17) is 4.74 Å². The Labute approximate surface area is 89.9 Å². The number of aromatic hydroxyl groups is 1. The van der Waals surface area contributed by atoms with Crippen molar-refractivity contribution in [3.05, 3.63) is 23.3 Å². The summed E-state index contributed by atoms with van der Waals surface area (Å²) < 4.78 is 5.74. The first-order valence-electron chi connectivity index (χ1n) is 5.75. The van der Waals surface area contributed by atoms with Gasteiger partial charge in [-0.2, -0.15) is 0 Å². The van der Waals surface area contributed by atoms with Crippen molar-refractivity contribution in [2.24, 2.45) is 0 Å². The highest BCUT2D eigenvalue weighted by Gasteiger charge is 2.49. The van der Waals surface area contributed by atoms with Gasteiger partial charge in [0.1, 0.15) is 11.5 Å². The van der Waals surface area contributed by atoms with Crippen LogP contribution in [0, 0.1) is 0 Å². The predicted octanol–water partition coefficient (Wildman–Crippen LogP) is 2.77. The molecule has 15 heavy (non-hydrogen) atoms. The van der Waals surface area contributed by atoms with Crippen molar-refractivity contribution in [3.8, 4) is 11.5 Å². The van der Waals surface area contributed by atoms with Gasteiger partial charge in [0.05, 0.1) is 6.61 Å². The minimum atomic E-state index is 0.267. The molecule has 0 atom stereocenters. The smallest absolute Gasteiger partial charge is 0.129 e. The number of benzene rings is 1. The van der Waals surface area contributed by atoms with Crippen LogP contribution >= 0.6 is 0 Å². The Hall–Kier alpha value is -1.18. The van der Waals surface area contributed by atoms with Gasteiger partial charge in [-0.05, 0) is 37.3 Å². The average Bonchev–Trinajstić information content (AvgIpc) is 2.99. The van der Waals surface area contributed by atoms with Gasteiger partial charge in [-0.3, -0.25) is 0 Å². The molecule has 2 heteroatoms. The van der Waals surface area contributed by atoms with Gasteiger partial charge in [-0.1, -0.05) is 13.0 Å². The number of fused-ring (bicyclic) bond motifs is 2. The van der Waals surface area contributed by atoms with E-state index >= 15 is 0 Å². The summed E-state index contributed by atoms with van der Waals surface area (Å²) in [5, 5.41) is 9.97. The maximum atomic E-state index is 9.97. The third kappa shape index (κ3) is 1.17. The minimum Gasteiger partial charge on any atom is -0.508 e. The number of rotatable bonds is 1. The van der Waals surface area contributed by atoms with Crippen molar-refractivity contribution >= 4 is 0 Å². The quantitative estimate of drug-likeness (QED) is 0.762. The molecule has 1 fully saturated rings. The van der Waals surface area contributed by atoms with Gasteiger partial charge < -0.3 is 9.84 Å². The molecule has 0 unspecified atom stereocenters. The minimum absolute atomic E-state index is 0.267. The van der Waals surface area contributed by atoms with E-state index < -0.39 is 0 Å². The lowest BCUT2D eigenvalue weighted by molar-refractivity contribution is 0.252. The second-order valence-electron chi connectivity index (χ2n) is 4.68. The van der Waals surface area contributed by atoms with E-state index in [0.717, 1.165) is 30.8 Å². The zero-order valence-electron chi connectivity index (χ0n) is 9.05. The van der Waals surface area contributed by atoms with Gasteiger partial charge in [0.15, 0.2) is 0 Å². The molecule has 1 aromatic rings. The first kappa shape index (κ1) is 9.08. The van der Waals surface area contributed by atoms with Crippen LogP contribution in [0.1, 0.15) is 37.3 Å². The molecule has 80 valence electrons. The van der Waals surface area contributed by atoms with Gasteiger partial charge in [-0.15, -0.1) is 0 Å². The number of phenolic OH excluding ortho intramolecular Hbond substituents is 1. The van der Waals surface area contributed by atoms with Crippen LogP contribution in [0.5, 0.6) is 11.5 Å². The summed E-state index contributed by atoms with van der Waals surface area (Å²) in [6.07, 6.45) is 4.47. The van der Waals surface area contributed by atoms with Crippen LogP contribution in [0.25, 0.3) is 0 Å². The first-order chi connectivity index (χ1) is 7.27. The lowest BCUT2D eigenvalue weighted by Crippen LogP contribution is -2.20. The molecule has 1 aliphatic heterocycles. The van der Waals surface area contributed by atoms with E-state index in [2.05, 4.69) is 6.92 Å². The third-order valence-electron chi connectivity index (χ3n) is 3.81. The predicted molar refractivity (Wildman–Crippen MR) is 58.5 cm³/mol. The number of ether oxygens (including phenoxy) is 1. The second kappa shape index (κ2) is 2.91. The van der Waals surface area contributed by atoms with Crippen LogP contribution in [0.2, 0.25) is 0 Å². The molecule has 1 aliphatic carbocycles. The SMILES string of the molecule is CCc1ccc(O)c2c1OCCC21CC1. The Morgan fingerprint density at radius 1 is 1.33 bits per heavy atom. The summed E-state index contributed by atoms with van der Waals surface area (Å²) >= 11 is 0. The summed E-state index contributed by atoms with van der Waals surface area (Å²) in [4.78, 5) is 0. The number of phenols is 1. The van der Waals surface area contributed by atoms with Crippen LogP contribution in [-0.4, -0.2) is 11.7 Å². The fourth-order valence-corrected chi connectivity index (χ4v) is 2.70. The van der Waals surface area contributed by atoms with Gasteiger partial charge in [0, 0.05) is 11.0 Å². The Kier molecular flexibility index (Phi) is 1.76. The maximum Gasteiger partial charge on any atom is 0.129 e. The van der Waals surface area contributed by atoms with Crippen molar-refractivity contribution in [1.29, 1.82) is 0 Å². The van der Waals surface area contributed by atoms with Crippen molar-refractivity contribution < 1.29 is 9.84 Å². The van der Waals surface area contributed by atoms with Gasteiger partial charge in [0.2, 0.25) is 0 Å². The Morgan fingerprint density at radius 2 is 2.13 bits per heavy atom. The number of hydrogen-bond acceptors (Lipinski definition) is 2. The zero-order valence-corrected chi connectivity index (χ0v) is 9.05. The van der Waals surface area contributed by atoms with Gasteiger partial charge in [0.25, 0.3) is 0 Å². The van der Waals surface area contributed by atoms with Crippen molar-refractivity contribution in [1.82, 2.24) is 0 Å². The summed E-state index contributed by atoms with van der Waals surface area (Å²) in [7, 11) is 0. The fraction of sp³-hybridized carbons (Fsp3) is 0.538. The molecule has 1 aromatic carbocycles. The largest absolute Gasteiger partial charge is 0.508 e. The van der Waals surface area contributed by atoms with E-state index in [1.807, 2.05) is 12.1 Å². The Bertz CT molecular complexity index is 405. The van der Waals surface area contributed by atoms with Crippen molar-refractivity contribution in [2.45, 2.75) is 38.0 Å². The highest BCUT2D eigenvalue weighted by atomic mass is 16.5. The Morgan fingerprint density at radius 3 is 2.80 bits per heavy atom. The molecule has 0 aromatic heterocycles. The molecule has 0 radical (unpaired) electrons. The molecule has 1 heterocycles. The molecule has 1 spiro atoms. The van der Waals surface area contributed by atoms with Crippen molar-refractivity contribution in [2.75, 3.05) is 6.61 Å². The fourth-order valence-electron chi connectivity index (χ4n) is 2.70. The molecule has 3 rings (SSSR count). The molecule has 1 saturated carbocycles. The van der Waals surface area contributed by atoms with E-state index in [9.17, 15) is 5.11 Å². The lowest BCUT2D eigenvalue weighted by atomic mass is 9.87. The molecule has 0 saturated heterocycles. The maximum absolute atomic E-state index is 9.97. The van der Waals surface area contributed by atoms with Crippen LogP contribution < -0.4 is 4.74 Å². The van der Waals surface area contributed by atoms with Crippen LogP contribution in [-0.2, 0) is 11.8 Å². The van der Waals surface area contributed by atoms with Gasteiger partial charge in [-0.25, -0.2) is 0 Å².